The number of carboxylic acids is 1. The number of aromatic nitrogens is 2. The van der Waals surface area contributed by atoms with Gasteiger partial charge in [-0.1, -0.05) is 0 Å². The highest BCUT2D eigenvalue weighted by Gasteiger charge is 2.60. The summed E-state index contributed by atoms with van der Waals surface area (Å²) in [6, 6.07) is 3.64. The molecule has 2 atom stereocenters. The molecule has 132 valence electrons. The smallest absolute Gasteiger partial charge is 0.313 e. The summed E-state index contributed by atoms with van der Waals surface area (Å²) in [5.74, 6) is -0.628. The minimum atomic E-state index is -3.62. The van der Waals surface area contributed by atoms with Crippen molar-refractivity contribution in [2.45, 2.75) is 6.92 Å². The molecule has 3 rings (SSSR count). The summed E-state index contributed by atoms with van der Waals surface area (Å²) >= 11 is 0. The first-order valence-electron chi connectivity index (χ1n) is 7.63. The molecule has 1 N–H and O–H groups in total. The summed E-state index contributed by atoms with van der Waals surface area (Å²) in [5.41, 5.74) is -0.329. The highest BCUT2D eigenvalue weighted by atomic mass is 32.2. The highest BCUT2D eigenvalue weighted by Crippen LogP contribution is 2.44. The Morgan fingerprint density at radius 1 is 1.29 bits per heavy atom. The first-order valence-corrected chi connectivity index (χ1v) is 9.03. The van der Waals surface area contributed by atoms with Gasteiger partial charge in [-0.25, -0.2) is 0 Å². The van der Waals surface area contributed by atoms with Crippen LogP contribution in [0.3, 0.4) is 0 Å². The normalized spacial score (nSPS) is 27.7. The Balaban J connectivity index is 1.87. The summed E-state index contributed by atoms with van der Waals surface area (Å²) in [4.78, 5) is 13.9. The van der Waals surface area contributed by atoms with Gasteiger partial charge >= 0.3 is 5.97 Å². The van der Waals surface area contributed by atoms with Gasteiger partial charge in [0.1, 0.15) is 5.41 Å². The number of fused-ring (bicyclic) bond motifs is 1. The minimum absolute atomic E-state index is 0.0245. The lowest BCUT2D eigenvalue weighted by Gasteiger charge is -2.26. The quantitative estimate of drug-likeness (QED) is 0.769. The second-order valence-electron chi connectivity index (χ2n) is 6.65. The van der Waals surface area contributed by atoms with Crippen LogP contribution in [-0.4, -0.2) is 78.6 Å². The van der Waals surface area contributed by atoms with Crippen molar-refractivity contribution in [1.82, 2.24) is 18.8 Å². The van der Waals surface area contributed by atoms with Crippen LogP contribution < -0.4 is 4.90 Å². The van der Waals surface area contributed by atoms with Gasteiger partial charge in [-0.15, -0.1) is 5.10 Å². The minimum Gasteiger partial charge on any atom is -0.481 e. The lowest BCUT2D eigenvalue weighted by atomic mass is 9.81. The topological polar surface area (TPSA) is 107 Å². The molecule has 2 fully saturated rings. The number of carboxylic acid groups (broad SMARTS) is 1. The molecule has 10 heteroatoms. The van der Waals surface area contributed by atoms with Crippen molar-refractivity contribution < 1.29 is 18.3 Å². The number of aryl methyl sites for hydroxylation is 1. The van der Waals surface area contributed by atoms with E-state index in [0.717, 1.165) is 10.00 Å². The summed E-state index contributed by atoms with van der Waals surface area (Å²) in [7, 11) is -0.722. The molecule has 0 amide bonds. The van der Waals surface area contributed by atoms with Crippen molar-refractivity contribution in [3.63, 3.8) is 0 Å². The van der Waals surface area contributed by atoms with Crippen LogP contribution in [0.25, 0.3) is 0 Å². The number of aliphatic carboxylic acids is 1. The number of carbonyl (C=O) groups is 1. The first-order chi connectivity index (χ1) is 11.2. The highest BCUT2D eigenvalue weighted by molar-refractivity contribution is 7.86. The van der Waals surface area contributed by atoms with Crippen molar-refractivity contribution in [3.05, 3.63) is 17.8 Å². The van der Waals surface area contributed by atoms with Crippen LogP contribution in [0.5, 0.6) is 0 Å². The van der Waals surface area contributed by atoms with E-state index in [1.54, 1.807) is 0 Å². The van der Waals surface area contributed by atoms with E-state index in [2.05, 4.69) is 10.2 Å². The SMILES string of the molecule is Cc1ccc(N2C[C@H]3CN(S(=O)(=O)N(C)C)C[C@@]3(C(=O)O)C2)nn1. The van der Waals surface area contributed by atoms with E-state index in [1.807, 2.05) is 24.0 Å². The van der Waals surface area contributed by atoms with Gasteiger partial charge in [-0.2, -0.15) is 22.1 Å². The predicted octanol–water partition coefficient (Wildman–Crippen LogP) is -0.586. The molecule has 0 bridgehead atoms. The van der Waals surface area contributed by atoms with Gasteiger partial charge in [0.05, 0.1) is 5.69 Å². The van der Waals surface area contributed by atoms with Crippen molar-refractivity contribution in [1.29, 1.82) is 0 Å². The first kappa shape index (κ1) is 17.1. The third kappa shape index (κ3) is 2.54. The fourth-order valence-electron chi connectivity index (χ4n) is 3.46. The van der Waals surface area contributed by atoms with Crippen LogP contribution in [0.4, 0.5) is 5.82 Å². The molecular weight excluding hydrogens is 334 g/mol. The van der Waals surface area contributed by atoms with Gasteiger partial charge in [0.15, 0.2) is 5.82 Å². The zero-order chi connectivity index (χ0) is 17.7. The maximum Gasteiger partial charge on any atom is 0.313 e. The maximum atomic E-state index is 12.3. The summed E-state index contributed by atoms with van der Waals surface area (Å²) in [5, 5.41) is 17.9. The number of rotatable bonds is 4. The monoisotopic (exact) mass is 355 g/mol. The Hall–Kier alpha value is -1.78. The summed E-state index contributed by atoms with van der Waals surface area (Å²) in [6.45, 7) is 2.68. The number of hydrogen-bond acceptors (Lipinski definition) is 6. The van der Waals surface area contributed by atoms with E-state index >= 15 is 0 Å². The standard InChI is InChI=1S/C14H21N5O4S/c1-10-4-5-12(16-15-10)18-6-11-7-19(24(22,23)17(2)3)9-14(11,8-18)13(20)21/h4-5,11H,6-9H2,1-3H3,(H,20,21)/t11-,14-/m0/s1. The third-order valence-corrected chi connectivity index (χ3v) is 6.75. The fourth-order valence-corrected chi connectivity index (χ4v) is 4.69. The average molecular weight is 355 g/mol. The van der Waals surface area contributed by atoms with Gasteiger partial charge in [-0.3, -0.25) is 4.79 Å². The van der Waals surface area contributed by atoms with Gasteiger partial charge in [0.25, 0.3) is 10.2 Å². The third-order valence-electron chi connectivity index (χ3n) is 4.90. The van der Waals surface area contributed by atoms with Crippen LogP contribution in [0.1, 0.15) is 5.69 Å². The Bertz CT molecular complexity index is 751. The molecule has 3 heterocycles. The second kappa shape index (κ2) is 5.64. The fraction of sp³-hybridized carbons (Fsp3) is 0.643. The zero-order valence-electron chi connectivity index (χ0n) is 13.9. The molecule has 0 aromatic carbocycles. The lowest BCUT2D eigenvalue weighted by molar-refractivity contribution is -0.148. The second-order valence-corrected chi connectivity index (χ2v) is 8.80. The molecule has 0 aliphatic carbocycles. The summed E-state index contributed by atoms with van der Waals surface area (Å²) < 4.78 is 27.1. The van der Waals surface area contributed by atoms with Crippen LogP contribution in [0.15, 0.2) is 12.1 Å². The number of hydrogen-bond donors (Lipinski definition) is 1. The molecule has 2 aliphatic rings. The molecular formula is C14H21N5O4S. The Morgan fingerprint density at radius 2 is 2.00 bits per heavy atom. The van der Waals surface area contributed by atoms with Gasteiger partial charge in [0.2, 0.25) is 0 Å². The van der Waals surface area contributed by atoms with E-state index in [1.165, 1.54) is 18.4 Å². The van der Waals surface area contributed by atoms with E-state index in [0.29, 0.717) is 12.4 Å². The Labute approximate surface area is 141 Å². The average Bonchev–Trinajstić information content (AvgIpc) is 3.03. The summed E-state index contributed by atoms with van der Waals surface area (Å²) in [6.07, 6.45) is 0. The van der Waals surface area contributed by atoms with Crippen LogP contribution >= 0.6 is 0 Å². The van der Waals surface area contributed by atoms with Crippen LogP contribution in [-0.2, 0) is 15.0 Å². The Morgan fingerprint density at radius 3 is 2.50 bits per heavy atom. The van der Waals surface area contributed by atoms with E-state index < -0.39 is 21.6 Å². The maximum absolute atomic E-state index is 12.3. The van der Waals surface area contributed by atoms with Crippen molar-refractivity contribution in [3.8, 4) is 0 Å². The van der Waals surface area contributed by atoms with Gasteiger partial charge < -0.3 is 10.0 Å². The van der Waals surface area contributed by atoms with Gasteiger partial charge in [0, 0.05) is 46.2 Å². The molecule has 1 aromatic heterocycles. The zero-order valence-corrected chi connectivity index (χ0v) is 14.7. The van der Waals surface area contributed by atoms with E-state index in [9.17, 15) is 18.3 Å². The van der Waals surface area contributed by atoms with Crippen molar-refractivity contribution >= 4 is 22.0 Å². The van der Waals surface area contributed by atoms with Gasteiger partial charge in [-0.05, 0) is 19.1 Å². The number of anilines is 1. The molecule has 24 heavy (non-hydrogen) atoms. The van der Waals surface area contributed by atoms with E-state index in [-0.39, 0.29) is 25.6 Å². The Kier molecular flexibility index (Phi) is 4.01. The van der Waals surface area contributed by atoms with Crippen LogP contribution in [0.2, 0.25) is 0 Å². The molecule has 0 spiro atoms. The molecule has 0 radical (unpaired) electrons. The predicted molar refractivity (Wildman–Crippen MR) is 86.7 cm³/mol. The lowest BCUT2D eigenvalue weighted by Crippen LogP contribution is -2.44. The largest absolute Gasteiger partial charge is 0.481 e. The molecule has 1 aromatic rings. The van der Waals surface area contributed by atoms with Crippen molar-refractivity contribution in [2.75, 3.05) is 45.2 Å². The number of nitrogens with zero attached hydrogens (tertiary/aromatic N) is 5. The van der Waals surface area contributed by atoms with Crippen LogP contribution in [0, 0.1) is 18.3 Å². The molecule has 9 nitrogen and oxygen atoms in total. The molecule has 0 saturated carbocycles. The van der Waals surface area contributed by atoms with E-state index in [4.69, 9.17) is 0 Å². The molecule has 0 unspecified atom stereocenters. The molecule has 2 saturated heterocycles. The van der Waals surface area contributed by atoms with Crippen molar-refractivity contribution in [2.24, 2.45) is 11.3 Å². The molecule has 2 aliphatic heterocycles.